The number of piperidine rings is 1. The van der Waals surface area contributed by atoms with Crippen molar-refractivity contribution in [1.29, 1.82) is 0 Å². The van der Waals surface area contributed by atoms with E-state index in [0.717, 1.165) is 32.4 Å². The summed E-state index contributed by atoms with van der Waals surface area (Å²) >= 11 is 2.28. The summed E-state index contributed by atoms with van der Waals surface area (Å²) in [6, 6.07) is 8.01. The Morgan fingerprint density at radius 3 is 2.68 bits per heavy atom. The second-order valence-electron chi connectivity index (χ2n) is 5.25. The summed E-state index contributed by atoms with van der Waals surface area (Å²) in [4.78, 5) is 13.5. The van der Waals surface area contributed by atoms with Crippen molar-refractivity contribution in [1.82, 2.24) is 4.90 Å². The molecule has 1 aliphatic heterocycles. The smallest absolute Gasteiger partial charge is 0.320 e. The summed E-state index contributed by atoms with van der Waals surface area (Å²) in [5.74, 6) is -0.113. The second-order valence-corrected chi connectivity index (χ2v) is 6.50. The summed E-state index contributed by atoms with van der Waals surface area (Å²) in [5, 5.41) is 9.40. The number of rotatable bonds is 4. The molecule has 0 saturated carbocycles. The van der Waals surface area contributed by atoms with Crippen LogP contribution in [0.2, 0.25) is 0 Å². The summed E-state index contributed by atoms with van der Waals surface area (Å²) in [5.41, 5.74) is 1.20. The van der Waals surface area contributed by atoms with Gasteiger partial charge in [0.05, 0.1) is 0 Å². The lowest BCUT2D eigenvalue weighted by molar-refractivity contribution is -0.145. The molecule has 2 rings (SSSR count). The highest BCUT2D eigenvalue weighted by molar-refractivity contribution is 14.1. The third-order valence-electron chi connectivity index (χ3n) is 3.98. The zero-order valence-corrected chi connectivity index (χ0v) is 13.3. The lowest BCUT2D eigenvalue weighted by atomic mass is 9.88. The zero-order valence-electron chi connectivity index (χ0n) is 11.2. The number of hydrogen-bond acceptors (Lipinski definition) is 2. The number of aliphatic carboxylic acids is 1. The average Bonchev–Trinajstić information content (AvgIpc) is 2.41. The van der Waals surface area contributed by atoms with Crippen molar-refractivity contribution >= 4 is 28.6 Å². The average molecular weight is 373 g/mol. The van der Waals surface area contributed by atoms with E-state index in [2.05, 4.69) is 58.7 Å². The highest BCUT2D eigenvalue weighted by atomic mass is 127. The third kappa shape index (κ3) is 3.92. The Morgan fingerprint density at radius 1 is 1.42 bits per heavy atom. The maximum atomic E-state index is 11.4. The molecule has 1 aromatic carbocycles. The highest BCUT2D eigenvalue weighted by Crippen LogP contribution is 2.27. The standard InChI is InChI=1S/C15H20INO2/c1-2-11-7-8-17(14(9-11)15(18)19)10-12-3-5-13(16)6-4-12/h3-6,11,14H,2,7-10H2,1H3,(H,18,19). The molecule has 0 aliphatic carbocycles. The van der Waals surface area contributed by atoms with Crippen molar-refractivity contribution < 1.29 is 9.90 Å². The van der Waals surface area contributed by atoms with E-state index in [0.29, 0.717) is 5.92 Å². The van der Waals surface area contributed by atoms with E-state index in [1.54, 1.807) is 0 Å². The van der Waals surface area contributed by atoms with Crippen LogP contribution in [0.15, 0.2) is 24.3 Å². The minimum absolute atomic E-state index is 0.321. The van der Waals surface area contributed by atoms with Gasteiger partial charge >= 0.3 is 5.97 Å². The second kappa shape index (κ2) is 6.70. The molecule has 1 fully saturated rings. The van der Waals surface area contributed by atoms with Gasteiger partial charge < -0.3 is 5.11 Å². The molecule has 0 radical (unpaired) electrons. The van der Waals surface area contributed by atoms with E-state index < -0.39 is 5.97 Å². The van der Waals surface area contributed by atoms with Crippen molar-refractivity contribution in [3.05, 3.63) is 33.4 Å². The topological polar surface area (TPSA) is 40.5 Å². The summed E-state index contributed by atoms with van der Waals surface area (Å²) < 4.78 is 1.21. The predicted molar refractivity (Wildman–Crippen MR) is 84.0 cm³/mol. The quantitative estimate of drug-likeness (QED) is 0.823. The van der Waals surface area contributed by atoms with Gasteiger partial charge in [-0.05, 0) is 65.6 Å². The molecule has 0 aromatic heterocycles. The van der Waals surface area contributed by atoms with Gasteiger partial charge in [0.15, 0.2) is 0 Å². The molecule has 1 aromatic rings. The zero-order chi connectivity index (χ0) is 13.8. The van der Waals surface area contributed by atoms with Crippen molar-refractivity contribution in [2.24, 2.45) is 5.92 Å². The molecule has 104 valence electrons. The van der Waals surface area contributed by atoms with Crippen LogP contribution in [-0.4, -0.2) is 28.6 Å². The molecule has 4 heteroatoms. The van der Waals surface area contributed by atoms with Gasteiger partial charge in [0.1, 0.15) is 6.04 Å². The van der Waals surface area contributed by atoms with Gasteiger partial charge in [0.2, 0.25) is 0 Å². The normalized spacial score (nSPS) is 24.3. The van der Waals surface area contributed by atoms with E-state index in [4.69, 9.17) is 0 Å². The van der Waals surface area contributed by atoms with Crippen molar-refractivity contribution in [3.8, 4) is 0 Å². The Morgan fingerprint density at radius 2 is 2.11 bits per heavy atom. The third-order valence-corrected chi connectivity index (χ3v) is 4.70. The molecule has 2 atom stereocenters. The van der Waals surface area contributed by atoms with Crippen LogP contribution >= 0.6 is 22.6 Å². The maximum Gasteiger partial charge on any atom is 0.320 e. The Bertz CT molecular complexity index is 432. The van der Waals surface area contributed by atoms with Crippen LogP contribution < -0.4 is 0 Å². The van der Waals surface area contributed by atoms with E-state index in [-0.39, 0.29) is 6.04 Å². The van der Waals surface area contributed by atoms with Gasteiger partial charge in [-0.25, -0.2) is 0 Å². The Kier molecular flexibility index (Phi) is 5.21. The molecular formula is C15H20INO2. The Labute approximate surface area is 128 Å². The molecular weight excluding hydrogens is 353 g/mol. The number of nitrogens with zero attached hydrogens (tertiary/aromatic N) is 1. The number of likely N-dealkylation sites (tertiary alicyclic amines) is 1. The molecule has 1 aliphatic rings. The molecule has 1 heterocycles. The number of halogens is 1. The fourth-order valence-corrected chi connectivity index (χ4v) is 3.09. The van der Waals surface area contributed by atoms with Gasteiger partial charge in [-0.2, -0.15) is 0 Å². The van der Waals surface area contributed by atoms with Crippen LogP contribution in [-0.2, 0) is 11.3 Å². The minimum atomic E-state index is -0.677. The number of benzene rings is 1. The van der Waals surface area contributed by atoms with Gasteiger partial charge in [0, 0.05) is 10.1 Å². The largest absolute Gasteiger partial charge is 0.480 e. The van der Waals surface area contributed by atoms with Crippen molar-refractivity contribution in [3.63, 3.8) is 0 Å². The van der Waals surface area contributed by atoms with Crippen LogP contribution in [0.4, 0.5) is 0 Å². The monoisotopic (exact) mass is 373 g/mol. The van der Waals surface area contributed by atoms with Gasteiger partial charge in [-0.3, -0.25) is 9.69 Å². The maximum absolute atomic E-state index is 11.4. The fraction of sp³-hybridized carbons (Fsp3) is 0.533. The number of carboxylic acids is 1. The molecule has 19 heavy (non-hydrogen) atoms. The van der Waals surface area contributed by atoms with E-state index in [9.17, 15) is 9.90 Å². The van der Waals surface area contributed by atoms with Crippen molar-refractivity contribution in [2.45, 2.75) is 38.8 Å². The van der Waals surface area contributed by atoms with Crippen LogP contribution in [0.25, 0.3) is 0 Å². The van der Waals surface area contributed by atoms with E-state index >= 15 is 0 Å². The molecule has 2 unspecified atom stereocenters. The number of carbonyl (C=O) groups is 1. The first kappa shape index (κ1) is 14.8. The first-order chi connectivity index (χ1) is 9.10. The first-order valence-electron chi connectivity index (χ1n) is 6.81. The summed E-state index contributed by atoms with van der Waals surface area (Å²) in [6.45, 7) is 3.78. The fourth-order valence-electron chi connectivity index (χ4n) is 2.73. The highest BCUT2D eigenvalue weighted by Gasteiger charge is 2.32. The lowest BCUT2D eigenvalue weighted by Crippen LogP contribution is -2.46. The van der Waals surface area contributed by atoms with Crippen LogP contribution in [0, 0.1) is 9.49 Å². The van der Waals surface area contributed by atoms with E-state index in [1.165, 1.54) is 9.13 Å². The predicted octanol–water partition coefficient (Wildman–Crippen LogP) is 3.37. The van der Waals surface area contributed by atoms with Crippen molar-refractivity contribution in [2.75, 3.05) is 6.54 Å². The van der Waals surface area contributed by atoms with Crippen LogP contribution in [0.5, 0.6) is 0 Å². The van der Waals surface area contributed by atoms with E-state index in [1.807, 2.05) is 0 Å². The Balaban J connectivity index is 2.05. The SMILES string of the molecule is CCC1CCN(Cc2ccc(I)cc2)C(C(=O)O)C1. The molecule has 0 amide bonds. The summed E-state index contributed by atoms with van der Waals surface area (Å²) in [6.07, 6.45) is 2.99. The molecule has 0 bridgehead atoms. The molecule has 3 nitrogen and oxygen atoms in total. The van der Waals surface area contributed by atoms with Gasteiger partial charge in [-0.15, -0.1) is 0 Å². The lowest BCUT2D eigenvalue weighted by Gasteiger charge is -2.37. The first-order valence-corrected chi connectivity index (χ1v) is 7.89. The van der Waals surface area contributed by atoms with Crippen LogP contribution in [0.1, 0.15) is 31.7 Å². The van der Waals surface area contributed by atoms with Gasteiger partial charge in [0.25, 0.3) is 0 Å². The molecule has 1 N–H and O–H groups in total. The Hall–Kier alpha value is -0.620. The number of carboxylic acid groups (broad SMARTS) is 1. The number of hydrogen-bond donors (Lipinski definition) is 1. The summed E-state index contributed by atoms with van der Waals surface area (Å²) in [7, 11) is 0. The molecule has 1 saturated heterocycles. The van der Waals surface area contributed by atoms with Crippen LogP contribution in [0.3, 0.4) is 0 Å². The molecule has 0 spiro atoms. The minimum Gasteiger partial charge on any atom is -0.480 e. The van der Waals surface area contributed by atoms with Gasteiger partial charge in [-0.1, -0.05) is 25.5 Å².